The molecule has 1 saturated carbocycles. The lowest BCUT2D eigenvalue weighted by Crippen LogP contribution is -2.29. The third-order valence-electron chi connectivity index (χ3n) is 2.75. The Kier molecular flexibility index (Phi) is 5.88. The van der Waals surface area contributed by atoms with E-state index in [-0.39, 0.29) is 0 Å². The molecule has 0 bridgehead atoms. The molecule has 0 aromatic rings. The first-order valence-corrected chi connectivity index (χ1v) is 6.79. The molecule has 0 saturated heterocycles. The Balaban J connectivity index is 1.90. The van der Waals surface area contributed by atoms with Crippen LogP contribution in [0.5, 0.6) is 0 Å². The van der Waals surface area contributed by atoms with Gasteiger partial charge in [-0.15, -0.1) is 0 Å². The van der Waals surface area contributed by atoms with Gasteiger partial charge in [0.15, 0.2) is 0 Å². The number of nitrogens with one attached hydrogen (secondary N) is 1. The quantitative estimate of drug-likeness (QED) is 0.606. The van der Waals surface area contributed by atoms with Gasteiger partial charge in [-0.2, -0.15) is 11.8 Å². The predicted molar refractivity (Wildman–Crippen MR) is 62.4 cm³/mol. The van der Waals surface area contributed by atoms with Crippen molar-refractivity contribution in [2.75, 3.05) is 18.6 Å². The molecular formula is C11H23NS. The van der Waals surface area contributed by atoms with E-state index in [1.54, 1.807) is 0 Å². The van der Waals surface area contributed by atoms with Crippen molar-refractivity contribution in [3.63, 3.8) is 0 Å². The van der Waals surface area contributed by atoms with Crippen molar-refractivity contribution in [2.24, 2.45) is 5.92 Å². The Morgan fingerprint density at radius 1 is 1.38 bits per heavy atom. The van der Waals surface area contributed by atoms with Crippen molar-refractivity contribution in [2.45, 2.75) is 45.1 Å². The lowest BCUT2D eigenvalue weighted by molar-refractivity contribution is 0.553. The zero-order chi connectivity index (χ0) is 9.52. The number of hydrogen-bond acceptors (Lipinski definition) is 2. The van der Waals surface area contributed by atoms with Gasteiger partial charge in [0.2, 0.25) is 0 Å². The van der Waals surface area contributed by atoms with Crippen LogP contribution in [0.25, 0.3) is 0 Å². The Morgan fingerprint density at radius 2 is 2.15 bits per heavy atom. The van der Waals surface area contributed by atoms with E-state index in [0.29, 0.717) is 0 Å². The van der Waals surface area contributed by atoms with Gasteiger partial charge in [0.1, 0.15) is 0 Å². The Hall–Kier alpha value is 0.310. The van der Waals surface area contributed by atoms with Crippen molar-refractivity contribution in [1.82, 2.24) is 5.32 Å². The molecule has 13 heavy (non-hydrogen) atoms. The van der Waals surface area contributed by atoms with E-state index >= 15 is 0 Å². The molecule has 1 nitrogen and oxygen atoms in total. The minimum atomic E-state index is 0.798. The van der Waals surface area contributed by atoms with Gasteiger partial charge in [0.05, 0.1) is 0 Å². The molecule has 0 aromatic carbocycles. The predicted octanol–water partition coefficient (Wildman–Crippen LogP) is 2.91. The third-order valence-corrected chi connectivity index (χ3v) is 3.92. The number of unbranched alkanes of at least 4 members (excludes halogenated alkanes) is 2. The van der Waals surface area contributed by atoms with E-state index in [4.69, 9.17) is 0 Å². The van der Waals surface area contributed by atoms with Gasteiger partial charge in [-0.1, -0.05) is 19.8 Å². The molecular weight excluding hydrogens is 178 g/mol. The molecule has 1 unspecified atom stereocenters. The van der Waals surface area contributed by atoms with E-state index in [0.717, 1.165) is 12.0 Å². The second kappa shape index (κ2) is 6.72. The van der Waals surface area contributed by atoms with Crippen molar-refractivity contribution in [3.05, 3.63) is 0 Å². The standard InChI is InChI=1S/C11H23NS/c1-3-4-5-8-13-9-11(12-2)10-6-7-10/h10-12H,3-9H2,1-2H3. The van der Waals surface area contributed by atoms with Crippen LogP contribution >= 0.6 is 11.8 Å². The first-order chi connectivity index (χ1) is 6.38. The fourth-order valence-electron chi connectivity index (χ4n) is 1.62. The van der Waals surface area contributed by atoms with E-state index in [1.807, 2.05) is 0 Å². The topological polar surface area (TPSA) is 12.0 Å². The molecule has 0 amide bonds. The molecule has 1 N–H and O–H groups in total. The second-order valence-corrected chi connectivity index (χ2v) is 5.16. The lowest BCUT2D eigenvalue weighted by atomic mass is 10.2. The van der Waals surface area contributed by atoms with Crippen molar-refractivity contribution >= 4 is 11.8 Å². The zero-order valence-electron chi connectivity index (χ0n) is 9.01. The fourth-order valence-corrected chi connectivity index (χ4v) is 2.89. The van der Waals surface area contributed by atoms with Crippen LogP contribution in [0.3, 0.4) is 0 Å². The third kappa shape index (κ3) is 4.92. The van der Waals surface area contributed by atoms with Crippen LogP contribution in [0, 0.1) is 5.92 Å². The van der Waals surface area contributed by atoms with Crippen LogP contribution < -0.4 is 5.32 Å². The summed E-state index contributed by atoms with van der Waals surface area (Å²) in [6.45, 7) is 2.27. The summed E-state index contributed by atoms with van der Waals surface area (Å²) in [6.07, 6.45) is 7.07. The summed E-state index contributed by atoms with van der Waals surface area (Å²) in [5, 5.41) is 3.43. The zero-order valence-corrected chi connectivity index (χ0v) is 9.83. The van der Waals surface area contributed by atoms with Gasteiger partial charge in [0, 0.05) is 11.8 Å². The summed E-state index contributed by atoms with van der Waals surface area (Å²) in [7, 11) is 2.11. The maximum absolute atomic E-state index is 3.43. The highest BCUT2D eigenvalue weighted by atomic mass is 32.2. The van der Waals surface area contributed by atoms with Crippen LogP contribution in [0.15, 0.2) is 0 Å². The summed E-state index contributed by atoms with van der Waals surface area (Å²) >= 11 is 2.13. The maximum atomic E-state index is 3.43. The molecule has 0 radical (unpaired) electrons. The van der Waals surface area contributed by atoms with Gasteiger partial charge in [0.25, 0.3) is 0 Å². The molecule has 0 spiro atoms. The Morgan fingerprint density at radius 3 is 2.69 bits per heavy atom. The number of thioether (sulfide) groups is 1. The lowest BCUT2D eigenvalue weighted by Gasteiger charge is -2.14. The summed E-state index contributed by atoms with van der Waals surface area (Å²) in [5.74, 6) is 3.69. The van der Waals surface area contributed by atoms with E-state index < -0.39 is 0 Å². The van der Waals surface area contributed by atoms with Gasteiger partial charge in [-0.3, -0.25) is 0 Å². The van der Waals surface area contributed by atoms with Crippen molar-refractivity contribution in [3.8, 4) is 0 Å². The van der Waals surface area contributed by atoms with Gasteiger partial charge >= 0.3 is 0 Å². The van der Waals surface area contributed by atoms with Crippen molar-refractivity contribution in [1.29, 1.82) is 0 Å². The normalized spacial score (nSPS) is 18.9. The average molecular weight is 201 g/mol. The molecule has 0 aromatic heterocycles. The molecule has 1 fully saturated rings. The maximum Gasteiger partial charge on any atom is 0.0183 e. The highest BCUT2D eigenvalue weighted by Crippen LogP contribution is 2.33. The molecule has 2 heteroatoms. The minimum Gasteiger partial charge on any atom is -0.316 e. The van der Waals surface area contributed by atoms with Crippen LogP contribution in [0.1, 0.15) is 39.0 Å². The molecule has 1 atom stereocenters. The highest BCUT2D eigenvalue weighted by Gasteiger charge is 2.29. The summed E-state index contributed by atoms with van der Waals surface area (Å²) in [4.78, 5) is 0. The molecule has 1 aliphatic rings. The van der Waals surface area contributed by atoms with Crippen LogP contribution in [0.4, 0.5) is 0 Å². The van der Waals surface area contributed by atoms with Crippen LogP contribution in [-0.4, -0.2) is 24.6 Å². The molecule has 0 heterocycles. The minimum absolute atomic E-state index is 0.798. The summed E-state index contributed by atoms with van der Waals surface area (Å²) in [5.41, 5.74) is 0. The largest absolute Gasteiger partial charge is 0.316 e. The summed E-state index contributed by atoms with van der Waals surface area (Å²) in [6, 6.07) is 0.798. The van der Waals surface area contributed by atoms with Crippen molar-refractivity contribution < 1.29 is 0 Å². The average Bonchev–Trinajstić information content (AvgIpc) is 2.95. The molecule has 0 aliphatic heterocycles. The number of rotatable bonds is 8. The number of hydrogen-bond donors (Lipinski definition) is 1. The van der Waals surface area contributed by atoms with Gasteiger partial charge in [-0.05, 0) is 38.0 Å². The second-order valence-electron chi connectivity index (χ2n) is 4.01. The monoisotopic (exact) mass is 201 g/mol. The SMILES string of the molecule is CCCCCSCC(NC)C1CC1. The first kappa shape index (κ1) is 11.4. The Labute approximate surface area is 87.1 Å². The molecule has 1 aliphatic carbocycles. The Bertz CT molecular complexity index is 123. The molecule has 78 valence electrons. The highest BCUT2D eigenvalue weighted by molar-refractivity contribution is 7.99. The fraction of sp³-hybridized carbons (Fsp3) is 1.00. The van der Waals surface area contributed by atoms with Crippen LogP contribution in [0.2, 0.25) is 0 Å². The van der Waals surface area contributed by atoms with Crippen LogP contribution in [-0.2, 0) is 0 Å². The van der Waals surface area contributed by atoms with E-state index in [1.165, 1.54) is 43.6 Å². The smallest absolute Gasteiger partial charge is 0.0183 e. The summed E-state index contributed by atoms with van der Waals surface area (Å²) < 4.78 is 0. The molecule has 1 rings (SSSR count). The van der Waals surface area contributed by atoms with E-state index in [2.05, 4.69) is 31.1 Å². The van der Waals surface area contributed by atoms with E-state index in [9.17, 15) is 0 Å². The first-order valence-electron chi connectivity index (χ1n) is 5.63. The van der Waals surface area contributed by atoms with Gasteiger partial charge < -0.3 is 5.32 Å². The van der Waals surface area contributed by atoms with Gasteiger partial charge in [-0.25, -0.2) is 0 Å².